The monoisotopic (exact) mass is 410 g/mol. The van der Waals surface area contributed by atoms with Gasteiger partial charge in [0.1, 0.15) is 5.70 Å². The van der Waals surface area contributed by atoms with E-state index in [0.29, 0.717) is 5.92 Å². The van der Waals surface area contributed by atoms with Crippen molar-refractivity contribution in [3.8, 4) is 0 Å². The maximum Gasteiger partial charge on any atom is 0.354 e. The van der Waals surface area contributed by atoms with Gasteiger partial charge < -0.3 is 19.7 Å². The molecule has 0 aromatic heterocycles. The molecule has 1 heterocycles. The first-order valence-electron chi connectivity index (χ1n) is 8.89. The van der Waals surface area contributed by atoms with Gasteiger partial charge in [0.15, 0.2) is 9.84 Å². The Bertz CT molecular complexity index is 878. The van der Waals surface area contributed by atoms with E-state index in [1.54, 1.807) is 12.1 Å². The summed E-state index contributed by atoms with van der Waals surface area (Å²) < 4.78 is 33.7. The van der Waals surface area contributed by atoms with Gasteiger partial charge in [0.05, 0.1) is 30.9 Å². The Hall–Kier alpha value is -2.55. The van der Waals surface area contributed by atoms with Gasteiger partial charge >= 0.3 is 11.9 Å². The van der Waals surface area contributed by atoms with Crippen LogP contribution in [0.4, 0.5) is 11.4 Å². The van der Waals surface area contributed by atoms with Crippen molar-refractivity contribution in [2.45, 2.75) is 24.7 Å². The number of benzene rings is 1. The quantitative estimate of drug-likeness (QED) is 0.561. The molecular weight excluding hydrogens is 384 g/mol. The van der Waals surface area contributed by atoms with E-state index in [0.717, 1.165) is 51.1 Å². The normalized spacial score (nSPS) is 17.8. The lowest BCUT2D eigenvalue weighted by atomic mass is 10.00. The van der Waals surface area contributed by atoms with Crippen LogP contribution >= 0.6 is 0 Å². The number of hydrogen-bond donors (Lipinski definition) is 1. The van der Waals surface area contributed by atoms with Crippen molar-refractivity contribution in [2.24, 2.45) is 5.92 Å². The summed E-state index contributed by atoms with van der Waals surface area (Å²) in [4.78, 5) is 25.8. The summed E-state index contributed by atoms with van der Waals surface area (Å²) in [6.45, 7) is 3.90. The van der Waals surface area contributed by atoms with Crippen LogP contribution in [-0.4, -0.2) is 53.9 Å². The minimum absolute atomic E-state index is 0.0148. The molecule has 154 valence electrons. The molecule has 2 rings (SSSR count). The number of sulfone groups is 1. The minimum Gasteiger partial charge on any atom is -0.466 e. The van der Waals surface area contributed by atoms with Crippen molar-refractivity contribution < 1.29 is 27.5 Å². The largest absolute Gasteiger partial charge is 0.466 e. The highest BCUT2D eigenvalue weighted by atomic mass is 32.2. The zero-order valence-corrected chi connectivity index (χ0v) is 17.3. The fraction of sp³-hybridized carbons (Fsp3) is 0.474. The number of methoxy groups -OCH3 is 2. The summed E-state index contributed by atoms with van der Waals surface area (Å²) in [5.74, 6) is -1.05. The van der Waals surface area contributed by atoms with E-state index in [2.05, 4.69) is 26.6 Å². The summed E-state index contributed by atoms with van der Waals surface area (Å²) >= 11 is 0. The fourth-order valence-electron chi connectivity index (χ4n) is 3.14. The third-order valence-electron chi connectivity index (χ3n) is 4.52. The average Bonchev–Trinajstić information content (AvgIpc) is 2.65. The second-order valence-electron chi connectivity index (χ2n) is 6.84. The summed E-state index contributed by atoms with van der Waals surface area (Å²) in [5, 5.41) is 2.74. The molecule has 1 aliphatic rings. The van der Waals surface area contributed by atoms with Gasteiger partial charge in [-0.1, -0.05) is 6.92 Å². The number of nitrogens with one attached hydrogen (secondary N) is 1. The van der Waals surface area contributed by atoms with Gasteiger partial charge in [0.25, 0.3) is 0 Å². The van der Waals surface area contributed by atoms with E-state index < -0.39 is 21.8 Å². The van der Waals surface area contributed by atoms with E-state index in [9.17, 15) is 18.0 Å². The van der Waals surface area contributed by atoms with Crippen LogP contribution in [0.1, 0.15) is 19.8 Å². The van der Waals surface area contributed by atoms with Crippen LogP contribution in [0.25, 0.3) is 0 Å². The fourth-order valence-corrected chi connectivity index (χ4v) is 3.96. The van der Waals surface area contributed by atoms with Gasteiger partial charge in [-0.2, -0.15) is 0 Å². The lowest BCUT2D eigenvalue weighted by Crippen LogP contribution is -2.34. The second kappa shape index (κ2) is 9.09. The molecule has 0 bridgehead atoms. The van der Waals surface area contributed by atoms with Crippen LogP contribution in [0.15, 0.2) is 34.9 Å². The van der Waals surface area contributed by atoms with Crippen molar-refractivity contribution in [2.75, 3.05) is 43.8 Å². The Morgan fingerprint density at radius 3 is 2.54 bits per heavy atom. The standard InChI is InChI=1S/C19H26N2O6S/c1-13-6-5-9-21(12-13)14-7-8-17(28(4,24)25)15(10-14)20-16(19(23)27-3)11-18(22)26-2/h7-8,10-11,13,20H,5-6,9,12H2,1-4H3/b16-11+. The number of carbonyl (C=O) groups excluding carboxylic acids is 2. The molecule has 1 saturated heterocycles. The predicted molar refractivity (Wildman–Crippen MR) is 106 cm³/mol. The number of carbonyl (C=O) groups is 2. The number of esters is 2. The van der Waals surface area contributed by atoms with E-state index in [1.807, 2.05) is 0 Å². The van der Waals surface area contributed by atoms with Crippen LogP contribution in [0, 0.1) is 5.92 Å². The van der Waals surface area contributed by atoms with E-state index in [1.165, 1.54) is 13.2 Å². The summed E-state index contributed by atoms with van der Waals surface area (Å²) in [6.07, 6.45) is 4.20. The molecule has 1 aliphatic heterocycles. The molecule has 0 spiro atoms. The van der Waals surface area contributed by atoms with Crippen molar-refractivity contribution >= 4 is 33.2 Å². The molecule has 1 atom stereocenters. The SMILES string of the molecule is COC(=O)/C=C(/Nc1cc(N2CCCC(C)C2)ccc1S(C)(=O)=O)C(=O)OC. The first-order valence-corrected chi connectivity index (χ1v) is 10.8. The number of rotatable bonds is 6. The third kappa shape index (κ3) is 5.48. The van der Waals surface area contributed by atoms with Gasteiger partial charge in [-0.05, 0) is 37.0 Å². The predicted octanol–water partition coefficient (Wildman–Crippen LogP) is 1.97. The lowest BCUT2D eigenvalue weighted by molar-refractivity contribution is -0.138. The van der Waals surface area contributed by atoms with Crippen molar-refractivity contribution in [1.82, 2.24) is 0 Å². The third-order valence-corrected chi connectivity index (χ3v) is 5.68. The Kier molecular flexibility index (Phi) is 7.06. The van der Waals surface area contributed by atoms with Gasteiger partial charge in [-0.15, -0.1) is 0 Å². The zero-order chi connectivity index (χ0) is 20.9. The van der Waals surface area contributed by atoms with Crippen LogP contribution in [0.2, 0.25) is 0 Å². The average molecular weight is 410 g/mol. The smallest absolute Gasteiger partial charge is 0.354 e. The molecule has 1 fully saturated rings. The summed E-state index contributed by atoms with van der Waals surface area (Å²) in [7, 11) is -1.24. The molecule has 28 heavy (non-hydrogen) atoms. The van der Waals surface area contributed by atoms with Crippen molar-refractivity contribution in [3.05, 3.63) is 30.0 Å². The van der Waals surface area contributed by atoms with E-state index in [4.69, 9.17) is 0 Å². The Morgan fingerprint density at radius 2 is 1.96 bits per heavy atom. The summed E-state index contributed by atoms with van der Waals surface area (Å²) in [6, 6.07) is 4.92. The van der Waals surface area contributed by atoms with Crippen molar-refractivity contribution in [3.63, 3.8) is 0 Å². The number of nitrogens with zero attached hydrogens (tertiary/aromatic N) is 1. The number of piperidine rings is 1. The van der Waals surface area contributed by atoms with Crippen LogP contribution in [0.5, 0.6) is 0 Å². The number of ether oxygens (including phenoxy) is 2. The Balaban J connectivity index is 2.48. The molecule has 0 saturated carbocycles. The number of hydrogen-bond acceptors (Lipinski definition) is 8. The molecule has 1 unspecified atom stereocenters. The summed E-state index contributed by atoms with van der Waals surface area (Å²) in [5.41, 5.74) is 0.811. The zero-order valence-electron chi connectivity index (χ0n) is 16.5. The lowest BCUT2D eigenvalue weighted by Gasteiger charge is -2.33. The molecule has 1 aromatic carbocycles. The van der Waals surface area contributed by atoms with Gasteiger partial charge in [-0.25, -0.2) is 18.0 Å². The molecule has 8 nitrogen and oxygen atoms in total. The molecule has 1 N–H and O–H groups in total. The highest BCUT2D eigenvalue weighted by molar-refractivity contribution is 7.90. The highest BCUT2D eigenvalue weighted by Gasteiger charge is 2.22. The van der Waals surface area contributed by atoms with Crippen LogP contribution < -0.4 is 10.2 Å². The molecule has 0 aliphatic carbocycles. The van der Waals surface area contributed by atoms with Gasteiger partial charge in [0, 0.05) is 25.0 Å². The maximum absolute atomic E-state index is 12.2. The molecule has 9 heteroatoms. The highest BCUT2D eigenvalue weighted by Crippen LogP contribution is 2.31. The molecule has 0 amide bonds. The maximum atomic E-state index is 12.2. The number of anilines is 2. The van der Waals surface area contributed by atoms with Crippen LogP contribution in [0.3, 0.4) is 0 Å². The van der Waals surface area contributed by atoms with Gasteiger partial charge in [-0.3, -0.25) is 0 Å². The minimum atomic E-state index is -3.58. The van der Waals surface area contributed by atoms with E-state index in [-0.39, 0.29) is 16.3 Å². The van der Waals surface area contributed by atoms with Crippen LogP contribution in [-0.2, 0) is 28.9 Å². The molecule has 1 aromatic rings. The Morgan fingerprint density at radius 1 is 1.25 bits per heavy atom. The van der Waals surface area contributed by atoms with E-state index >= 15 is 0 Å². The van der Waals surface area contributed by atoms with Gasteiger partial charge in [0.2, 0.25) is 0 Å². The topological polar surface area (TPSA) is 102 Å². The molecule has 0 radical (unpaired) electrons. The van der Waals surface area contributed by atoms with Crippen molar-refractivity contribution in [1.29, 1.82) is 0 Å². The first kappa shape index (κ1) is 21.7. The second-order valence-corrected chi connectivity index (χ2v) is 8.83. The molecular formula is C19H26N2O6S. The first-order chi connectivity index (χ1) is 13.2. The Labute approximate surface area is 165 Å².